The normalized spacial score (nSPS) is 16.0. The number of rotatable bonds is 6. The monoisotopic (exact) mass is 339 g/mol. The molecular formula is C22H29NO2. The van der Waals surface area contributed by atoms with E-state index < -0.39 is 0 Å². The van der Waals surface area contributed by atoms with E-state index in [1.165, 1.54) is 43.5 Å². The Morgan fingerprint density at radius 2 is 1.28 bits per heavy atom. The highest BCUT2D eigenvalue weighted by Gasteiger charge is 2.29. The van der Waals surface area contributed by atoms with Crippen LogP contribution in [0.3, 0.4) is 0 Å². The van der Waals surface area contributed by atoms with Crippen molar-refractivity contribution in [1.29, 1.82) is 0 Å². The number of nitrogens with zero attached hydrogens (tertiary/aromatic N) is 1. The van der Waals surface area contributed by atoms with Gasteiger partial charge in [-0.25, -0.2) is 0 Å². The van der Waals surface area contributed by atoms with Crippen molar-refractivity contribution < 1.29 is 10.2 Å². The van der Waals surface area contributed by atoms with Gasteiger partial charge in [0.2, 0.25) is 0 Å². The third kappa shape index (κ3) is 4.35. The fourth-order valence-electron chi connectivity index (χ4n) is 3.95. The fraction of sp³-hybridized carbons (Fsp3) is 0.455. The molecule has 3 nitrogen and oxygen atoms in total. The molecular weight excluding hydrogens is 310 g/mol. The van der Waals surface area contributed by atoms with Crippen molar-refractivity contribution in [2.24, 2.45) is 0 Å². The van der Waals surface area contributed by atoms with Crippen LogP contribution in [0.15, 0.2) is 48.5 Å². The molecule has 0 amide bonds. The summed E-state index contributed by atoms with van der Waals surface area (Å²) in [5.41, 5.74) is 2.28. The highest BCUT2D eigenvalue weighted by molar-refractivity contribution is 5.42. The summed E-state index contributed by atoms with van der Waals surface area (Å²) in [5.74, 6) is 0.593. The first-order valence-corrected chi connectivity index (χ1v) is 9.39. The zero-order chi connectivity index (χ0) is 17.7. The molecule has 0 aromatic heterocycles. The van der Waals surface area contributed by atoms with Crippen LogP contribution in [0, 0.1) is 0 Å². The second-order valence-electron chi connectivity index (χ2n) is 7.43. The van der Waals surface area contributed by atoms with Crippen molar-refractivity contribution in [1.82, 2.24) is 4.90 Å². The maximum absolute atomic E-state index is 9.64. The number of piperidine rings is 1. The van der Waals surface area contributed by atoms with Crippen LogP contribution in [-0.2, 0) is 5.41 Å². The number of phenolic OH excluding ortho intramolecular Hbond substituents is 2. The third-order valence-corrected chi connectivity index (χ3v) is 5.61. The Morgan fingerprint density at radius 3 is 1.76 bits per heavy atom. The van der Waals surface area contributed by atoms with E-state index in [1.54, 1.807) is 24.3 Å². The number of benzene rings is 2. The molecule has 1 aliphatic heterocycles. The van der Waals surface area contributed by atoms with E-state index in [9.17, 15) is 10.2 Å². The summed E-state index contributed by atoms with van der Waals surface area (Å²) in [6.07, 6.45) is 6.20. The Hall–Kier alpha value is -2.00. The molecule has 2 aromatic rings. The van der Waals surface area contributed by atoms with E-state index in [0.717, 1.165) is 19.4 Å². The van der Waals surface area contributed by atoms with Crippen LogP contribution in [0.1, 0.15) is 50.2 Å². The number of hydrogen-bond acceptors (Lipinski definition) is 3. The number of aromatic hydroxyl groups is 2. The highest BCUT2D eigenvalue weighted by Crippen LogP contribution is 2.37. The van der Waals surface area contributed by atoms with Crippen molar-refractivity contribution in [2.75, 3.05) is 19.6 Å². The summed E-state index contributed by atoms with van der Waals surface area (Å²) in [6.45, 7) is 5.87. The van der Waals surface area contributed by atoms with E-state index in [4.69, 9.17) is 0 Å². The van der Waals surface area contributed by atoms with Crippen LogP contribution >= 0.6 is 0 Å². The van der Waals surface area contributed by atoms with Crippen molar-refractivity contribution in [3.63, 3.8) is 0 Å². The lowest BCUT2D eigenvalue weighted by Crippen LogP contribution is -2.32. The summed E-state index contributed by atoms with van der Waals surface area (Å²) in [7, 11) is 0. The molecule has 0 aliphatic carbocycles. The fourth-order valence-corrected chi connectivity index (χ4v) is 3.95. The number of likely N-dealkylation sites (tertiary alicyclic amines) is 1. The zero-order valence-electron chi connectivity index (χ0n) is 15.1. The van der Waals surface area contributed by atoms with Gasteiger partial charge in [0, 0.05) is 5.41 Å². The van der Waals surface area contributed by atoms with E-state index in [0.29, 0.717) is 11.5 Å². The van der Waals surface area contributed by atoms with Gasteiger partial charge in [-0.15, -0.1) is 0 Å². The van der Waals surface area contributed by atoms with Gasteiger partial charge in [0.1, 0.15) is 11.5 Å². The van der Waals surface area contributed by atoms with Gasteiger partial charge in [0.25, 0.3) is 0 Å². The summed E-state index contributed by atoms with van der Waals surface area (Å²) < 4.78 is 0. The third-order valence-electron chi connectivity index (χ3n) is 5.61. The van der Waals surface area contributed by atoms with Crippen molar-refractivity contribution in [2.45, 2.75) is 44.4 Å². The molecule has 0 saturated carbocycles. The molecule has 2 N–H and O–H groups in total. The van der Waals surface area contributed by atoms with Gasteiger partial charge < -0.3 is 15.1 Å². The van der Waals surface area contributed by atoms with Crippen molar-refractivity contribution in [3.8, 4) is 11.5 Å². The Balaban J connectivity index is 1.78. The Kier molecular flexibility index (Phi) is 5.64. The maximum atomic E-state index is 9.64. The summed E-state index contributed by atoms with van der Waals surface area (Å²) >= 11 is 0. The first kappa shape index (κ1) is 17.8. The molecule has 134 valence electrons. The summed E-state index contributed by atoms with van der Waals surface area (Å²) in [5, 5.41) is 19.3. The Labute approximate surface area is 150 Å². The molecule has 1 fully saturated rings. The molecule has 0 unspecified atom stereocenters. The maximum Gasteiger partial charge on any atom is 0.115 e. The minimum absolute atomic E-state index is 0.128. The standard InChI is InChI=1S/C22H29NO2/c1-22(18-6-10-20(24)11-7-18,19-8-12-21(25)13-9-19)14-5-17-23-15-3-2-4-16-23/h6-13,24-25H,2-5,14-17H2,1H3. The molecule has 0 atom stereocenters. The van der Waals surface area contributed by atoms with Gasteiger partial charge in [0.15, 0.2) is 0 Å². The van der Waals surface area contributed by atoms with Gasteiger partial charge in [-0.05, 0) is 80.7 Å². The van der Waals surface area contributed by atoms with E-state index in [2.05, 4.69) is 11.8 Å². The Bertz CT molecular complexity index is 612. The summed E-state index contributed by atoms with van der Waals surface area (Å²) in [6, 6.07) is 15.1. The van der Waals surface area contributed by atoms with Crippen molar-refractivity contribution >= 4 is 0 Å². The second-order valence-corrected chi connectivity index (χ2v) is 7.43. The smallest absolute Gasteiger partial charge is 0.115 e. The van der Waals surface area contributed by atoms with Crippen LogP contribution in [-0.4, -0.2) is 34.7 Å². The van der Waals surface area contributed by atoms with Gasteiger partial charge in [-0.1, -0.05) is 37.6 Å². The highest BCUT2D eigenvalue weighted by atomic mass is 16.3. The van der Waals surface area contributed by atoms with Crippen molar-refractivity contribution in [3.05, 3.63) is 59.7 Å². The van der Waals surface area contributed by atoms with E-state index >= 15 is 0 Å². The van der Waals surface area contributed by atoms with E-state index in [1.807, 2.05) is 24.3 Å². The number of hydrogen-bond donors (Lipinski definition) is 2. The van der Waals surface area contributed by atoms with Crippen LogP contribution < -0.4 is 0 Å². The Morgan fingerprint density at radius 1 is 0.800 bits per heavy atom. The molecule has 2 aromatic carbocycles. The van der Waals surface area contributed by atoms with Crippen LogP contribution in [0.4, 0.5) is 0 Å². The number of phenols is 2. The van der Waals surface area contributed by atoms with Crippen LogP contribution in [0.2, 0.25) is 0 Å². The summed E-state index contributed by atoms with van der Waals surface area (Å²) in [4.78, 5) is 2.58. The lowest BCUT2D eigenvalue weighted by Gasteiger charge is -2.33. The molecule has 1 saturated heterocycles. The van der Waals surface area contributed by atoms with Gasteiger partial charge in [-0.2, -0.15) is 0 Å². The molecule has 1 heterocycles. The first-order valence-electron chi connectivity index (χ1n) is 9.39. The average molecular weight is 339 g/mol. The largest absolute Gasteiger partial charge is 0.508 e. The SMILES string of the molecule is CC(CCCN1CCCCC1)(c1ccc(O)cc1)c1ccc(O)cc1. The molecule has 0 spiro atoms. The molecule has 1 aliphatic rings. The molecule has 0 bridgehead atoms. The lowest BCUT2D eigenvalue weighted by atomic mass is 9.73. The molecule has 3 heteroatoms. The predicted molar refractivity (Wildman–Crippen MR) is 102 cm³/mol. The lowest BCUT2D eigenvalue weighted by molar-refractivity contribution is 0.220. The second kappa shape index (κ2) is 7.92. The molecule has 3 rings (SSSR count). The predicted octanol–water partition coefficient (Wildman–Crippen LogP) is 4.67. The van der Waals surface area contributed by atoms with Gasteiger partial charge in [-0.3, -0.25) is 0 Å². The van der Waals surface area contributed by atoms with Gasteiger partial charge in [0.05, 0.1) is 0 Å². The quantitative estimate of drug-likeness (QED) is 0.804. The minimum Gasteiger partial charge on any atom is -0.508 e. The van der Waals surface area contributed by atoms with E-state index in [-0.39, 0.29) is 5.41 Å². The first-order chi connectivity index (χ1) is 12.1. The van der Waals surface area contributed by atoms with Crippen LogP contribution in [0.25, 0.3) is 0 Å². The average Bonchev–Trinajstić information content (AvgIpc) is 2.63. The van der Waals surface area contributed by atoms with Crippen LogP contribution in [0.5, 0.6) is 11.5 Å². The molecule has 0 radical (unpaired) electrons. The molecule has 25 heavy (non-hydrogen) atoms. The minimum atomic E-state index is -0.128. The topological polar surface area (TPSA) is 43.7 Å². The zero-order valence-corrected chi connectivity index (χ0v) is 15.1. The van der Waals surface area contributed by atoms with Gasteiger partial charge >= 0.3 is 0 Å².